The van der Waals surface area contributed by atoms with Crippen molar-refractivity contribution in [3.05, 3.63) is 34.5 Å². The molecule has 0 unspecified atom stereocenters. The minimum atomic E-state index is -2.61. The number of thiophene rings is 1. The number of hydrogen-bond acceptors (Lipinski definition) is 7. The zero-order valence-electron chi connectivity index (χ0n) is 16.9. The van der Waals surface area contributed by atoms with E-state index in [-0.39, 0.29) is 6.54 Å². The van der Waals surface area contributed by atoms with Gasteiger partial charge in [-0.05, 0) is 24.8 Å². The van der Waals surface area contributed by atoms with E-state index in [4.69, 9.17) is 14.7 Å². The van der Waals surface area contributed by atoms with E-state index in [1.54, 1.807) is 11.3 Å². The van der Waals surface area contributed by atoms with Gasteiger partial charge in [-0.1, -0.05) is 0 Å². The molecule has 1 saturated heterocycles. The average Bonchev–Trinajstić information content (AvgIpc) is 3.44. The third-order valence-electron chi connectivity index (χ3n) is 5.76. The highest BCUT2D eigenvalue weighted by Gasteiger charge is 2.25. The number of hydrogen-bond donors (Lipinski definition) is 0. The van der Waals surface area contributed by atoms with E-state index < -0.39 is 6.55 Å². The number of alkyl halides is 2. The fourth-order valence-corrected chi connectivity index (χ4v) is 5.53. The lowest BCUT2D eigenvalue weighted by Crippen LogP contribution is -2.36. The molecule has 1 aliphatic carbocycles. The monoisotopic (exact) mass is 434 g/mol. The second-order valence-corrected chi connectivity index (χ2v) is 8.86. The maximum absolute atomic E-state index is 13.3. The van der Waals surface area contributed by atoms with Crippen molar-refractivity contribution >= 4 is 27.4 Å². The lowest BCUT2D eigenvalue weighted by molar-refractivity contribution is 0.0331. The Labute approximate surface area is 177 Å². The van der Waals surface area contributed by atoms with Crippen LogP contribution in [0.5, 0.6) is 0 Å². The molecule has 160 valence electrons. The first-order valence-corrected chi connectivity index (χ1v) is 11.0. The number of anilines is 1. The SMILES string of the molecule is CN(Cc1nccn1C(F)F)c1nc(CN2CCOCC2)nc2sc3c(c12)CCC3. The first-order valence-electron chi connectivity index (χ1n) is 10.2. The third-order valence-corrected chi connectivity index (χ3v) is 6.95. The summed E-state index contributed by atoms with van der Waals surface area (Å²) in [4.78, 5) is 20.5. The molecule has 0 amide bonds. The number of ether oxygens (including phenoxy) is 1. The minimum absolute atomic E-state index is 0.255. The molecular formula is C20H24F2N6OS. The van der Waals surface area contributed by atoms with Crippen LogP contribution in [0.25, 0.3) is 10.2 Å². The molecule has 1 aliphatic heterocycles. The standard InChI is InChI=1S/C20H24F2N6OS/c1-26(12-16-23-5-6-28(16)20(21)22)18-17-13-3-2-4-14(13)30-19(17)25-15(24-18)11-27-7-9-29-10-8-27/h5-6,20H,2-4,7-12H2,1H3. The Hall–Kier alpha value is -2.17. The second-order valence-electron chi connectivity index (χ2n) is 7.77. The van der Waals surface area contributed by atoms with Gasteiger partial charge in [0.15, 0.2) is 0 Å². The molecule has 0 N–H and O–H groups in total. The second kappa shape index (κ2) is 8.16. The van der Waals surface area contributed by atoms with Gasteiger partial charge in [0.2, 0.25) is 0 Å². The number of halogens is 2. The summed E-state index contributed by atoms with van der Waals surface area (Å²) in [5.41, 5.74) is 1.33. The molecule has 30 heavy (non-hydrogen) atoms. The van der Waals surface area contributed by atoms with Gasteiger partial charge in [-0.2, -0.15) is 8.78 Å². The Morgan fingerprint density at radius 1 is 1.23 bits per heavy atom. The predicted molar refractivity (Wildman–Crippen MR) is 111 cm³/mol. The fourth-order valence-electron chi connectivity index (χ4n) is 4.26. The average molecular weight is 435 g/mol. The van der Waals surface area contributed by atoms with Gasteiger partial charge in [0.1, 0.15) is 22.3 Å². The van der Waals surface area contributed by atoms with Crippen LogP contribution in [-0.4, -0.2) is 57.8 Å². The van der Waals surface area contributed by atoms with E-state index in [2.05, 4.69) is 9.88 Å². The van der Waals surface area contributed by atoms with Gasteiger partial charge in [0.25, 0.3) is 0 Å². The van der Waals surface area contributed by atoms with Crippen LogP contribution < -0.4 is 4.90 Å². The molecule has 0 spiro atoms. The molecule has 5 rings (SSSR count). The van der Waals surface area contributed by atoms with E-state index in [0.717, 1.165) is 72.0 Å². The third kappa shape index (κ3) is 3.67. The Morgan fingerprint density at radius 3 is 2.87 bits per heavy atom. The molecule has 0 bridgehead atoms. The molecule has 1 fully saturated rings. The number of aryl methyl sites for hydroxylation is 2. The zero-order valence-corrected chi connectivity index (χ0v) is 17.7. The topological polar surface area (TPSA) is 59.3 Å². The highest BCUT2D eigenvalue weighted by molar-refractivity contribution is 7.19. The minimum Gasteiger partial charge on any atom is -0.379 e. The first-order chi connectivity index (χ1) is 14.6. The van der Waals surface area contributed by atoms with Crippen molar-refractivity contribution in [2.45, 2.75) is 38.9 Å². The van der Waals surface area contributed by atoms with Crippen molar-refractivity contribution in [1.82, 2.24) is 24.4 Å². The molecule has 0 saturated carbocycles. The van der Waals surface area contributed by atoms with Gasteiger partial charge in [0, 0.05) is 37.4 Å². The number of aromatic nitrogens is 4. The smallest absolute Gasteiger partial charge is 0.319 e. The van der Waals surface area contributed by atoms with Gasteiger partial charge in [-0.15, -0.1) is 11.3 Å². The number of fused-ring (bicyclic) bond motifs is 3. The number of nitrogens with zero attached hydrogens (tertiary/aromatic N) is 6. The number of imidazole rings is 1. The van der Waals surface area contributed by atoms with Crippen LogP contribution in [0.15, 0.2) is 12.4 Å². The van der Waals surface area contributed by atoms with Crippen molar-refractivity contribution in [3.8, 4) is 0 Å². The van der Waals surface area contributed by atoms with Crippen LogP contribution >= 0.6 is 11.3 Å². The summed E-state index contributed by atoms with van der Waals surface area (Å²) in [6, 6.07) is 0. The highest BCUT2D eigenvalue weighted by Crippen LogP contribution is 2.40. The van der Waals surface area contributed by atoms with Gasteiger partial charge in [-0.3, -0.25) is 9.47 Å². The molecule has 0 aromatic carbocycles. The summed E-state index contributed by atoms with van der Waals surface area (Å²) in [6.45, 7) is 1.47. The molecule has 0 radical (unpaired) electrons. The summed E-state index contributed by atoms with van der Waals surface area (Å²) >= 11 is 1.75. The lowest BCUT2D eigenvalue weighted by Gasteiger charge is -2.26. The molecular weight excluding hydrogens is 410 g/mol. The summed E-state index contributed by atoms with van der Waals surface area (Å²) in [5, 5.41) is 1.08. The molecule has 3 aromatic rings. The molecule has 3 aromatic heterocycles. The normalized spacial score (nSPS) is 17.2. The Morgan fingerprint density at radius 2 is 2.07 bits per heavy atom. The Balaban J connectivity index is 1.51. The summed E-state index contributed by atoms with van der Waals surface area (Å²) in [6.07, 6.45) is 5.97. The van der Waals surface area contributed by atoms with Crippen molar-refractivity contribution < 1.29 is 13.5 Å². The zero-order chi connectivity index (χ0) is 20.7. The molecule has 10 heteroatoms. The van der Waals surface area contributed by atoms with Crippen LogP contribution in [0.1, 0.15) is 35.1 Å². The van der Waals surface area contributed by atoms with Gasteiger partial charge >= 0.3 is 6.55 Å². The van der Waals surface area contributed by atoms with Crippen LogP contribution in [0.2, 0.25) is 0 Å². The van der Waals surface area contributed by atoms with E-state index in [0.29, 0.717) is 12.4 Å². The largest absolute Gasteiger partial charge is 0.379 e. The summed E-state index contributed by atoms with van der Waals surface area (Å²) < 4.78 is 32.9. The number of rotatable bonds is 6. The maximum Gasteiger partial charge on any atom is 0.319 e. The summed E-state index contributed by atoms with van der Waals surface area (Å²) in [7, 11) is 1.89. The Bertz CT molecular complexity index is 1050. The van der Waals surface area contributed by atoms with Gasteiger partial charge in [0.05, 0.1) is 31.7 Å². The van der Waals surface area contributed by atoms with Crippen LogP contribution in [0.4, 0.5) is 14.6 Å². The van der Waals surface area contributed by atoms with Crippen LogP contribution in [-0.2, 0) is 30.7 Å². The van der Waals surface area contributed by atoms with Gasteiger partial charge < -0.3 is 9.64 Å². The summed E-state index contributed by atoms with van der Waals surface area (Å²) in [5.74, 6) is 1.90. The van der Waals surface area contributed by atoms with Crippen molar-refractivity contribution in [3.63, 3.8) is 0 Å². The lowest BCUT2D eigenvalue weighted by atomic mass is 10.2. The van der Waals surface area contributed by atoms with E-state index >= 15 is 0 Å². The van der Waals surface area contributed by atoms with E-state index in [1.165, 1.54) is 22.8 Å². The van der Waals surface area contributed by atoms with Crippen molar-refractivity contribution in [2.75, 3.05) is 38.3 Å². The van der Waals surface area contributed by atoms with Crippen molar-refractivity contribution in [1.29, 1.82) is 0 Å². The highest BCUT2D eigenvalue weighted by atomic mass is 32.1. The Kier molecular flexibility index (Phi) is 5.38. The van der Waals surface area contributed by atoms with Crippen LogP contribution in [0.3, 0.4) is 0 Å². The van der Waals surface area contributed by atoms with Gasteiger partial charge in [-0.25, -0.2) is 15.0 Å². The molecule has 0 atom stereocenters. The van der Waals surface area contributed by atoms with Crippen LogP contribution in [0, 0.1) is 0 Å². The predicted octanol–water partition coefficient (Wildman–Crippen LogP) is 3.24. The maximum atomic E-state index is 13.3. The van der Waals surface area contributed by atoms with Crippen molar-refractivity contribution in [2.24, 2.45) is 0 Å². The first kappa shape index (κ1) is 19.8. The molecule has 4 heterocycles. The molecule has 7 nitrogen and oxygen atoms in total. The fraction of sp³-hybridized carbons (Fsp3) is 0.550. The van der Waals surface area contributed by atoms with E-state index in [1.807, 2.05) is 11.9 Å². The number of morpholine rings is 1. The quantitative estimate of drug-likeness (QED) is 0.594. The van der Waals surface area contributed by atoms with E-state index in [9.17, 15) is 8.78 Å². The molecule has 2 aliphatic rings.